The molecule has 1 N–H and O–H groups in total. The van der Waals surface area contributed by atoms with Gasteiger partial charge in [-0.2, -0.15) is 0 Å². The Balaban J connectivity index is 1.69. The van der Waals surface area contributed by atoms with Crippen LogP contribution in [0.1, 0.15) is 32.3 Å². The Bertz CT molecular complexity index is 466. The zero-order valence-corrected chi connectivity index (χ0v) is 13.3. The molecule has 1 saturated heterocycles. The van der Waals surface area contributed by atoms with E-state index in [9.17, 15) is 4.79 Å². The van der Waals surface area contributed by atoms with E-state index < -0.39 is 0 Å². The Kier molecular flexibility index (Phi) is 5.62. The van der Waals surface area contributed by atoms with E-state index in [2.05, 4.69) is 19.2 Å². The van der Waals surface area contributed by atoms with Crippen molar-refractivity contribution in [3.8, 4) is 5.75 Å². The number of nitrogens with one attached hydrogen (secondary N) is 1. The second-order valence-electron chi connectivity index (χ2n) is 6.04. The van der Waals surface area contributed by atoms with Crippen molar-refractivity contribution in [2.24, 2.45) is 0 Å². The fourth-order valence-electron chi connectivity index (χ4n) is 2.81. The van der Waals surface area contributed by atoms with Crippen LogP contribution >= 0.6 is 0 Å². The molecule has 1 aromatic carbocycles. The van der Waals surface area contributed by atoms with Crippen LogP contribution in [-0.4, -0.2) is 42.6 Å². The number of hydrogen-bond acceptors (Lipinski definition) is 3. The maximum Gasteiger partial charge on any atom is 0.222 e. The number of hydrogen-bond donors (Lipinski definition) is 1. The van der Waals surface area contributed by atoms with Gasteiger partial charge in [-0.05, 0) is 44.9 Å². The Hall–Kier alpha value is -1.55. The fraction of sp³-hybridized carbons (Fsp3) is 0.588. The molecule has 1 aliphatic rings. The predicted molar refractivity (Wildman–Crippen MR) is 84.5 cm³/mol. The van der Waals surface area contributed by atoms with Gasteiger partial charge in [-0.15, -0.1) is 0 Å². The number of rotatable bonds is 5. The molecule has 0 bridgehead atoms. The highest BCUT2D eigenvalue weighted by molar-refractivity contribution is 5.76. The highest BCUT2D eigenvalue weighted by Crippen LogP contribution is 2.13. The number of benzene rings is 1. The van der Waals surface area contributed by atoms with E-state index in [1.54, 1.807) is 0 Å². The van der Waals surface area contributed by atoms with Crippen molar-refractivity contribution in [1.29, 1.82) is 0 Å². The number of carbonyl (C=O) groups is 1. The summed E-state index contributed by atoms with van der Waals surface area (Å²) < 4.78 is 5.68. The molecule has 2 atom stereocenters. The van der Waals surface area contributed by atoms with Gasteiger partial charge in [0.2, 0.25) is 5.91 Å². The number of amides is 1. The van der Waals surface area contributed by atoms with Crippen molar-refractivity contribution in [2.75, 3.05) is 19.7 Å². The fourth-order valence-corrected chi connectivity index (χ4v) is 2.81. The number of piperazine rings is 1. The standard InChI is InChI=1S/C17H26N2O2/c1-13-6-4-7-16(10-13)21-9-5-8-17(20)19-11-14(2)18-15(3)12-19/h4,6-7,10,14-15,18H,5,8-9,11-12H2,1-3H3. The molecule has 2 unspecified atom stereocenters. The molecule has 0 radical (unpaired) electrons. The summed E-state index contributed by atoms with van der Waals surface area (Å²) in [4.78, 5) is 14.2. The van der Waals surface area contributed by atoms with Crippen molar-refractivity contribution in [3.63, 3.8) is 0 Å². The van der Waals surface area contributed by atoms with E-state index in [1.165, 1.54) is 5.56 Å². The van der Waals surface area contributed by atoms with Gasteiger partial charge in [0.1, 0.15) is 5.75 Å². The summed E-state index contributed by atoms with van der Waals surface area (Å²) in [7, 11) is 0. The number of nitrogens with zero attached hydrogens (tertiary/aromatic N) is 1. The van der Waals surface area contributed by atoms with Crippen LogP contribution in [-0.2, 0) is 4.79 Å². The van der Waals surface area contributed by atoms with Crippen molar-refractivity contribution in [2.45, 2.75) is 45.7 Å². The second kappa shape index (κ2) is 7.46. The Labute approximate surface area is 127 Å². The van der Waals surface area contributed by atoms with Crippen LogP contribution in [0.3, 0.4) is 0 Å². The van der Waals surface area contributed by atoms with Gasteiger partial charge < -0.3 is 15.0 Å². The molecule has 116 valence electrons. The zero-order valence-electron chi connectivity index (χ0n) is 13.3. The van der Waals surface area contributed by atoms with Crippen molar-refractivity contribution >= 4 is 5.91 Å². The quantitative estimate of drug-likeness (QED) is 0.847. The summed E-state index contributed by atoms with van der Waals surface area (Å²) in [6, 6.07) is 8.75. The van der Waals surface area contributed by atoms with Crippen LogP contribution in [0.25, 0.3) is 0 Å². The predicted octanol–water partition coefficient (Wildman–Crippen LogP) is 2.36. The molecule has 4 nitrogen and oxygen atoms in total. The maximum absolute atomic E-state index is 12.2. The Morgan fingerprint density at radius 1 is 1.33 bits per heavy atom. The third-order valence-electron chi connectivity index (χ3n) is 3.70. The third kappa shape index (κ3) is 5.05. The molecule has 1 fully saturated rings. The smallest absolute Gasteiger partial charge is 0.222 e. The Morgan fingerprint density at radius 2 is 2.05 bits per heavy atom. The average Bonchev–Trinajstić information content (AvgIpc) is 2.42. The lowest BCUT2D eigenvalue weighted by Gasteiger charge is -2.36. The van der Waals surface area contributed by atoms with Gasteiger partial charge >= 0.3 is 0 Å². The minimum absolute atomic E-state index is 0.239. The number of carbonyl (C=O) groups excluding carboxylic acids is 1. The van der Waals surface area contributed by atoms with E-state index >= 15 is 0 Å². The van der Waals surface area contributed by atoms with Gasteiger partial charge in [-0.1, -0.05) is 12.1 Å². The van der Waals surface area contributed by atoms with Gasteiger partial charge in [0.05, 0.1) is 6.61 Å². The Morgan fingerprint density at radius 3 is 2.71 bits per heavy atom. The summed E-state index contributed by atoms with van der Waals surface area (Å²) in [5.74, 6) is 1.12. The molecule has 1 aliphatic heterocycles. The molecule has 4 heteroatoms. The molecule has 0 aliphatic carbocycles. The van der Waals surface area contributed by atoms with Crippen LogP contribution in [0.5, 0.6) is 5.75 Å². The van der Waals surface area contributed by atoms with Crippen molar-refractivity contribution < 1.29 is 9.53 Å². The zero-order chi connectivity index (χ0) is 15.2. The maximum atomic E-state index is 12.2. The minimum Gasteiger partial charge on any atom is -0.494 e. The molecular weight excluding hydrogens is 264 g/mol. The first-order valence-electron chi connectivity index (χ1n) is 7.78. The largest absolute Gasteiger partial charge is 0.494 e. The lowest BCUT2D eigenvalue weighted by Crippen LogP contribution is -2.55. The van der Waals surface area contributed by atoms with E-state index in [1.807, 2.05) is 36.1 Å². The highest BCUT2D eigenvalue weighted by atomic mass is 16.5. The lowest BCUT2D eigenvalue weighted by atomic mass is 10.1. The normalized spacial score (nSPS) is 22.1. The summed E-state index contributed by atoms with van der Waals surface area (Å²) in [5, 5.41) is 3.44. The number of aryl methyl sites for hydroxylation is 1. The number of ether oxygens (including phenoxy) is 1. The van der Waals surface area contributed by atoms with Gasteiger partial charge in [0, 0.05) is 31.6 Å². The summed E-state index contributed by atoms with van der Waals surface area (Å²) in [5.41, 5.74) is 1.19. The first kappa shape index (κ1) is 15.8. The summed E-state index contributed by atoms with van der Waals surface area (Å²) in [6.07, 6.45) is 1.32. The van der Waals surface area contributed by atoms with Crippen LogP contribution in [0.15, 0.2) is 24.3 Å². The minimum atomic E-state index is 0.239. The van der Waals surface area contributed by atoms with Crippen molar-refractivity contribution in [3.05, 3.63) is 29.8 Å². The van der Waals surface area contributed by atoms with E-state index in [0.29, 0.717) is 25.1 Å². The molecule has 0 saturated carbocycles. The van der Waals surface area contributed by atoms with E-state index in [-0.39, 0.29) is 5.91 Å². The SMILES string of the molecule is Cc1cccc(OCCCC(=O)N2CC(C)NC(C)C2)c1. The molecular formula is C17H26N2O2. The molecule has 1 amide bonds. The monoisotopic (exact) mass is 290 g/mol. The summed E-state index contributed by atoms with van der Waals surface area (Å²) >= 11 is 0. The highest BCUT2D eigenvalue weighted by Gasteiger charge is 2.24. The molecule has 2 rings (SSSR count). The van der Waals surface area contributed by atoms with Crippen LogP contribution in [0.2, 0.25) is 0 Å². The third-order valence-corrected chi connectivity index (χ3v) is 3.70. The van der Waals surface area contributed by atoms with Crippen LogP contribution in [0, 0.1) is 6.92 Å². The first-order chi connectivity index (χ1) is 10.0. The lowest BCUT2D eigenvalue weighted by molar-refractivity contribution is -0.133. The molecule has 1 heterocycles. The van der Waals surface area contributed by atoms with Crippen LogP contribution < -0.4 is 10.1 Å². The van der Waals surface area contributed by atoms with Gasteiger partial charge in [-0.3, -0.25) is 4.79 Å². The molecule has 0 aromatic heterocycles. The second-order valence-corrected chi connectivity index (χ2v) is 6.04. The van der Waals surface area contributed by atoms with Gasteiger partial charge in [-0.25, -0.2) is 0 Å². The average molecular weight is 290 g/mol. The first-order valence-corrected chi connectivity index (χ1v) is 7.78. The molecule has 21 heavy (non-hydrogen) atoms. The topological polar surface area (TPSA) is 41.6 Å². The van der Waals surface area contributed by atoms with Crippen LogP contribution in [0.4, 0.5) is 0 Å². The molecule has 1 aromatic rings. The van der Waals surface area contributed by atoms with E-state index in [4.69, 9.17) is 4.74 Å². The van der Waals surface area contributed by atoms with E-state index in [0.717, 1.165) is 25.3 Å². The van der Waals surface area contributed by atoms with Gasteiger partial charge in [0.25, 0.3) is 0 Å². The summed E-state index contributed by atoms with van der Waals surface area (Å²) in [6.45, 7) is 8.49. The van der Waals surface area contributed by atoms with Gasteiger partial charge in [0.15, 0.2) is 0 Å². The van der Waals surface area contributed by atoms with Crippen molar-refractivity contribution in [1.82, 2.24) is 10.2 Å². The molecule has 0 spiro atoms.